The van der Waals surface area contributed by atoms with Gasteiger partial charge in [0.05, 0.1) is 6.61 Å². The van der Waals surface area contributed by atoms with E-state index >= 15 is 0 Å². The Bertz CT molecular complexity index is 783. The molecule has 2 aromatic carbocycles. The molecule has 0 aromatic heterocycles. The summed E-state index contributed by atoms with van der Waals surface area (Å²) in [7, 11) is 0. The second-order valence-electron chi connectivity index (χ2n) is 7.39. The number of carbonyl (C=O) groups is 2. The highest BCUT2D eigenvalue weighted by molar-refractivity contribution is 5.80. The Balaban J connectivity index is 1.89. The molecule has 0 radical (unpaired) electrons. The van der Waals surface area contributed by atoms with Crippen molar-refractivity contribution in [3.8, 4) is 5.75 Å². The number of amides is 1. The second kappa shape index (κ2) is 9.78. The highest BCUT2D eigenvalue weighted by Gasteiger charge is 2.22. The Morgan fingerprint density at radius 3 is 2.36 bits per heavy atom. The van der Waals surface area contributed by atoms with Crippen LogP contribution in [0.25, 0.3) is 0 Å². The first-order chi connectivity index (χ1) is 13.3. The van der Waals surface area contributed by atoms with Gasteiger partial charge in [0.2, 0.25) is 0 Å². The van der Waals surface area contributed by atoms with Gasteiger partial charge in [-0.1, -0.05) is 42.5 Å². The van der Waals surface area contributed by atoms with Gasteiger partial charge in [-0.15, -0.1) is 0 Å². The molecule has 2 N–H and O–H groups in total. The highest BCUT2D eigenvalue weighted by Crippen LogP contribution is 2.27. The summed E-state index contributed by atoms with van der Waals surface area (Å²) < 4.78 is 10.9. The lowest BCUT2D eigenvalue weighted by Crippen LogP contribution is -2.33. The molecule has 2 aromatic rings. The number of ether oxygens (including phenoxy) is 2. The van der Waals surface area contributed by atoms with Crippen molar-refractivity contribution in [3.05, 3.63) is 65.7 Å². The van der Waals surface area contributed by atoms with Crippen LogP contribution < -0.4 is 10.1 Å². The number of hydrogen-bond acceptors (Lipinski definition) is 4. The summed E-state index contributed by atoms with van der Waals surface area (Å²) in [6.45, 7) is 6.24. The lowest BCUT2D eigenvalue weighted by Gasteiger charge is -2.19. The van der Waals surface area contributed by atoms with Gasteiger partial charge < -0.3 is 19.9 Å². The van der Waals surface area contributed by atoms with Crippen molar-refractivity contribution in [2.75, 3.05) is 13.2 Å². The Labute approximate surface area is 165 Å². The van der Waals surface area contributed by atoms with Gasteiger partial charge in [-0.25, -0.2) is 4.79 Å². The molecule has 1 unspecified atom stereocenters. The molecule has 0 spiro atoms. The molecule has 6 nitrogen and oxygen atoms in total. The van der Waals surface area contributed by atoms with Crippen molar-refractivity contribution in [1.29, 1.82) is 0 Å². The van der Waals surface area contributed by atoms with Crippen molar-refractivity contribution < 1.29 is 24.2 Å². The van der Waals surface area contributed by atoms with Crippen LogP contribution in [0.15, 0.2) is 54.6 Å². The molecule has 0 heterocycles. The van der Waals surface area contributed by atoms with Crippen LogP contribution in [0.2, 0.25) is 0 Å². The Hall–Kier alpha value is -3.02. The molecule has 0 bridgehead atoms. The number of nitrogens with one attached hydrogen (secondary N) is 1. The van der Waals surface area contributed by atoms with Crippen molar-refractivity contribution >= 4 is 12.1 Å². The summed E-state index contributed by atoms with van der Waals surface area (Å²) in [6.07, 6.45) is 0.145. The maximum atomic E-state index is 11.8. The van der Waals surface area contributed by atoms with Gasteiger partial charge >= 0.3 is 12.1 Å². The van der Waals surface area contributed by atoms with Crippen molar-refractivity contribution in [1.82, 2.24) is 5.32 Å². The number of carboxylic acid groups (broad SMARTS) is 1. The normalized spacial score (nSPS) is 12.1. The van der Waals surface area contributed by atoms with Gasteiger partial charge in [0.15, 0.2) is 0 Å². The van der Waals surface area contributed by atoms with E-state index in [1.165, 1.54) is 0 Å². The molecule has 0 aliphatic heterocycles. The van der Waals surface area contributed by atoms with E-state index in [0.29, 0.717) is 36.4 Å². The van der Waals surface area contributed by atoms with Gasteiger partial charge in [0.25, 0.3) is 0 Å². The molecule has 0 fully saturated rings. The molecule has 0 aliphatic carbocycles. The van der Waals surface area contributed by atoms with Crippen LogP contribution in [-0.4, -0.2) is 35.9 Å². The highest BCUT2D eigenvalue weighted by atomic mass is 16.6. The standard InChI is InChI=1S/C22H27NO5/c1-22(2,3)28-21(26)23-13-8-14-27-18-12-7-11-17(15-18)19(20(24)25)16-9-5-4-6-10-16/h4-7,9-12,15,19H,8,13-14H2,1-3H3,(H,23,26)(H,24,25). The largest absolute Gasteiger partial charge is 0.494 e. The molecule has 1 amide bonds. The molecule has 150 valence electrons. The fourth-order valence-corrected chi connectivity index (χ4v) is 2.67. The minimum atomic E-state index is -0.912. The molecule has 28 heavy (non-hydrogen) atoms. The number of benzene rings is 2. The van der Waals surface area contributed by atoms with E-state index in [2.05, 4.69) is 5.32 Å². The summed E-state index contributed by atoms with van der Waals surface area (Å²) >= 11 is 0. The monoisotopic (exact) mass is 385 g/mol. The van der Waals surface area contributed by atoms with E-state index in [0.717, 1.165) is 0 Å². The fraction of sp³-hybridized carbons (Fsp3) is 0.364. The first-order valence-corrected chi connectivity index (χ1v) is 9.23. The second-order valence-corrected chi connectivity index (χ2v) is 7.39. The van der Waals surface area contributed by atoms with Gasteiger partial charge in [0.1, 0.15) is 17.3 Å². The summed E-state index contributed by atoms with van der Waals surface area (Å²) in [5.74, 6) is -1.07. The van der Waals surface area contributed by atoms with E-state index in [4.69, 9.17) is 9.47 Å². The zero-order valence-corrected chi connectivity index (χ0v) is 16.5. The van der Waals surface area contributed by atoms with Crippen LogP contribution in [0.5, 0.6) is 5.75 Å². The Kier molecular flexibility index (Phi) is 7.44. The van der Waals surface area contributed by atoms with E-state index in [1.807, 2.05) is 39.0 Å². The van der Waals surface area contributed by atoms with E-state index in [1.54, 1.807) is 36.4 Å². The number of rotatable bonds is 8. The zero-order valence-electron chi connectivity index (χ0n) is 16.5. The number of carbonyl (C=O) groups excluding carboxylic acids is 1. The molecule has 0 saturated carbocycles. The van der Waals surface area contributed by atoms with Crippen molar-refractivity contribution in [2.45, 2.75) is 38.7 Å². The fourth-order valence-electron chi connectivity index (χ4n) is 2.67. The topological polar surface area (TPSA) is 84.9 Å². The minimum Gasteiger partial charge on any atom is -0.494 e. The Morgan fingerprint density at radius 1 is 1.04 bits per heavy atom. The van der Waals surface area contributed by atoms with Gasteiger partial charge in [0, 0.05) is 6.54 Å². The molecule has 0 aliphatic rings. The van der Waals surface area contributed by atoms with Crippen molar-refractivity contribution in [3.63, 3.8) is 0 Å². The average Bonchev–Trinajstić information content (AvgIpc) is 2.61. The summed E-state index contributed by atoms with van der Waals surface area (Å²) in [4.78, 5) is 23.4. The smallest absolute Gasteiger partial charge is 0.407 e. The zero-order chi connectivity index (χ0) is 20.6. The molecular formula is C22H27NO5. The van der Waals surface area contributed by atoms with Crippen LogP contribution >= 0.6 is 0 Å². The third-order valence-corrected chi connectivity index (χ3v) is 3.83. The van der Waals surface area contributed by atoms with Gasteiger partial charge in [-0.3, -0.25) is 4.79 Å². The van der Waals surface area contributed by atoms with E-state index in [-0.39, 0.29) is 0 Å². The summed E-state index contributed by atoms with van der Waals surface area (Å²) in [6, 6.07) is 16.2. The number of alkyl carbamates (subject to hydrolysis) is 1. The predicted octanol–water partition coefficient (Wildman–Crippen LogP) is 4.20. The number of hydrogen-bond donors (Lipinski definition) is 2. The van der Waals surface area contributed by atoms with Crippen molar-refractivity contribution in [2.24, 2.45) is 0 Å². The first-order valence-electron chi connectivity index (χ1n) is 9.23. The molecule has 1 atom stereocenters. The van der Waals surface area contributed by atoms with Gasteiger partial charge in [-0.05, 0) is 50.5 Å². The quantitative estimate of drug-likeness (QED) is 0.666. The van der Waals surface area contributed by atoms with Crippen LogP contribution in [0, 0.1) is 0 Å². The SMILES string of the molecule is CC(C)(C)OC(=O)NCCCOc1cccc(C(C(=O)O)c2ccccc2)c1. The van der Waals surface area contributed by atoms with Crippen LogP contribution in [0.3, 0.4) is 0 Å². The van der Waals surface area contributed by atoms with Crippen LogP contribution in [-0.2, 0) is 9.53 Å². The van der Waals surface area contributed by atoms with Crippen LogP contribution in [0.4, 0.5) is 4.79 Å². The number of carboxylic acids is 1. The third-order valence-electron chi connectivity index (χ3n) is 3.83. The predicted molar refractivity (Wildman–Crippen MR) is 107 cm³/mol. The van der Waals surface area contributed by atoms with Gasteiger partial charge in [-0.2, -0.15) is 0 Å². The molecule has 0 saturated heterocycles. The third kappa shape index (κ3) is 6.95. The summed E-state index contributed by atoms with van der Waals surface area (Å²) in [5.41, 5.74) is 0.845. The minimum absolute atomic E-state index is 0.391. The first kappa shape index (κ1) is 21.3. The van der Waals surface area contributed by atoms with E-state index < -0.39 is 23.6 Å². The van der Waals surface area contributed by atoms with Crippen LogP contribution in [0.1, 0.15) is 44.2 Å². The molecular weight excluding hydrogens is 358 g/mol. The lowest BCUT2D eigenvalue weighted by molar-refractivity contribution is -0.137. The molecule has 6 heteroatoms. The number of aliphatic carboxylic acids is 1. The maximum Gasteiger partial charge on any atom is 0.407 e. The summed E-state index contributed by atoms with van der Waals surface area (Å²) in [5, 5.41) is 12.3. The van der Waals surface area contributed by atoms with E-state index in [9.17, 15) is 14.7 Å². The lowest BCUT2D eigenvalue weighted by atomic mass is 9.91. The maximum absolute atomic E-state index is 11.8. The Morgan fingerprint density at radius 2 is 1.71 bits per heavy atom. The molecule has 2 rings (SSSR count). The average molecular weight is 385 g/mol.